The van der Waals surface area contributed by atoms with E-state index in [1.807, 2.05) is 0 Å². The lowest BCUT2D eigenvalue weighted by Crippen LogP contribution is -2.29. The molecule has 0 aliphatic heterocycles. The summed E-state index contributed by atoms with van der Waals surface area (Å²) in [5, 5.41) is 3.60. The van der Waals surface area contributed by atoms with E-state index < -0.39 is 0 Å². The zero-order chi connectivity index (χ0) is 12.2. The minimum Gasteiger partial charge on any atom is -0.314 e. The summed E-state index contributed by atoms with van der Waals surface area (Å²) < 4.78 is 0. The third-order valence-electron chi connectivity index (χ3n) is 4.13. The van der Waals surface area contributed by atoms with Gasteiger partial charge in [0.15, 0.2) is 0 Å². The van der Waals surface area contributed by atoms with E-state index in [2.05, 4.69) is 39.9 Å². The van der Waals surface area contributed by atoms with Crippen LogP contribution in [-0.2, 0) is 0 Å². The zero-order valence-corrected chi connectivity index (χ0v) is 12.0. The molecule has 1 heteroatoms. The van der Waals surface area contributed by atoms with Gasteiger partial charge in [-0.1, -0.05) is 41.0 Å². The second kappa shape index (κ2) is 6.05. The largest absolute Gasteiger partial charge is 0.314 e. The van der Waals surface area contributed by atoms with Crippen LogP contribution in [0.2, 0.25) is 0 Å². The zero-order valence-electron chi connectivity index (χ0n) is 12.0. The molecule has 1 fully saturated rings. The molecule has 1 saturated carbocycles. The van der Waals surface area contributed by atoms with E-state index in [1.54, 1.807) is 0 Å². The summed E-state index contributed by atoms with van der Waals surface area (Å²) in [7, 11) is 0. The van der Waals surface area contributed by atoms with E-state index in [0.717, 1.165) is 11.8 Å². The molecule has 1 nitrogen and oxygen atoms in total. The Morgan fingerprint density at radius 2 is 1.75 bits per heavy atom. The number of nitrogens with one attached hydrogen (secondary N) is 1. The molecule has 2 unspecified atom stereocenters. The van der Waals surface area contributed by atoms with Crippen LogP contribution in [0.5, 0.6) is 0 Å². The van der Waals surface area contributed by atoms with Gasteiger partial charge in [0.05, 0.1) is 0 Å². The average molecular weight is 225 g/mol. The van der Waals surface area contributed by atoms with Gasteiger partial charge in [-0.15, -0.1) is 0 Å². The lowest BCUT2D eigenvalue weighted by molar-refractivity contribution is 0.212. The Hall–Kier alpha value is -0.0400. The predicted octanol–water partition coefficient (Wildman–Crippen LogP) is 4.23. The van der Waals surface area contributed by atoms with Gasteiger partial charge >= 0.3 is 0 Å². The maximum Gasteiger partial charge on any atom is 0.00104 e. The summed E-state index contributed by atoms with van der Waals surface area (Å²) in [6.45, 7) is 12.9. The predicted molar refractivity (Wildman–Crippen MR) is 72.7 cm³/mol. The van der Waals surface area contributed by atoms with E-state index in [0.29, 0.717) is 11.5 Å². The Morgan fingerprint density at radius 3 is 2.31 bits per heavy atom. The molecule has 0 radical (unpaired) electrons. The molecule has 1 N–H and O–H groups in total. The molecule has 0 aromatic rings. The van der Waals surface area contributed by atoms with Crippen LogP contribution in [0.3, 0.4) is 0 Å². The van der Waals surface area contributed by atoms with Crippen molar-refractivity contribution in [1.29, 1.82) is 0 Å². The fraction of sp³-hybridized carbons (Fsp3) is 1.00. The summed E-state index contributed by atoms with van der Waals surface area (Å²) in [6, 6.07) is 0.640. The van der Waals surface area contributed by atoms with Crippen molar-refractivity contribution in [1.82, 2.24) is 5.32 Å². The second-order valence-electron chi connectivity index (χ2n) is 7.00. The molecule has 96 valence electrons. The first-order valence-electron chi connectivity index (χ1n) is 7.13. The number of hydrogen-bond acceptors (Lipinski definition) is 1. The summed E-state index contributed by atoms with van der Waals surface area (Å²) in [6.07, 6.45) is 7.19. The van der Waals surface area contributed by atoms with Crippen LogP contribution in [0.15, 0.2) is 0 Å². The highest BCUT2D eigenvalue weighted by Crippen LogP contribution is 2.38. The first-order chi connectivity index (χ1) is 7.39. The summed E-state index contributed by atoms with van der Waals surface area (Å²) in [5.74, 6) is 1.87. The third-order valence-corrected chi connectivity index (χ3v) is 4.13. The highest BCUT2D eigenvalue weighted by Gasteiger charge is 2.27. The van der Waals surface area contributed by atoms with Crippen molar-refractivity contribution in [3.63, 3.8) is 0 Å². The van der Waals surface area contributed by atoms with Gasteiger partial charge in [0.1, 0.15) is 0 Å². The van der Waals surface area contributed by atoms with Crippen molar-refractivity contribution in [3.8, 4) is 0 Å². The molecule has 2 atom stereocenters. The lowest BCUT2D eigenvalue weighted by Gasteiger charge is -2.29. The molecule has 0 aromatic heterocycles. The molecule has 0 saturated heterocycles. The first-order valence-corrected chi connectivity index (χ1v) is 7.13. The normalized spacial score (nSPS) is 28.1. The van der Waals surface area contributed by atoms with E-state index >= 15 is 0 Å². The number of hydrogen-bond donors (Lipinski definition) is 1. The summed E-state index contributed by atoms with van der Waals surface area (Å²) >= 11 is 0. The lowest BCUT2D eigenvalue weighted by atomic mass is 9.76. The SMILES string of the molecule is CC(C)NCC1CCCC(C(C)(C)C)CC1. The average Bonchev–Trinajstić information content (AvgIpc) is 2.38. The molecule has 16 heavy (non-hydrogen) atoms. The topological polar surface area (TPSA) is 12.0 Å². The molecule has 0 bridgehead atoms. The third kappa shape index (κ3) is 4.86. The van der Waals surface area contributed by atoms with Crippen LogP contribution >= 0.6 is 0 Å². The molecule has 0 aromatic carbocycles. The van der Waals surface area contributed by atoms with Crippen LogP contribution in [-0.4, -0.2) is 12.6 Å². The van der Waals surface area contributed by atoms with Crippen molar-refractivity contribution in [2.75, 3.05) is 6.54 Å². The van der Waals surface area contributed by atoms with Crippen LogP contribution in [0, 0.1) is 17.3 Å². The summed E-state index contributed by atoms with van der Waals surface area (Å²) in [4.78, 5) is 0. The number of rotatable bonds is 3. The standard InChI is InChI=1S/C15H31N/c1-12(2)16-11-13-7-6-8-14(10-9-13)15(3,4)5/h12-14,16H,6-11H2,1-5H3. The Labute approximate surface area is 102 Å². The van der Waals surface area contributed by atoms with Gasteiger partial charge in [-0.05, 0) is 49.5 Å². The van der Waals surface area contributed by atoms with E-state index in [1.165, 1.54) is 38.6 Å². The van der Waals surface area contributed by atoms with Crippen molar-refractivity contribution in [2.45, 2.75) is 72.8 Å². The Morgan fingerprint density at radius 1 is 1.06 bits per heavy atom. The van der Waals surface area contributed by atoms with Gasteiger partial charge in [-0.25, -0.2) is 0 Å². The monoisotopic (exact) mass is 225 g/mol. The molecule has 0 amide bonds. The molecule has 1 rings (SSSR count). The molecular formula is C15H31N. The minimum absolute atomic E-state index is 0.514. The van der Waals surface area contributed by atoms with Gasteiger partial charge < -0.3 is 5.32 Å². The quantitative estimate of drug-likeness (QED) is 0.709. The van der Waals surface area contributed by atoms with Crippen molar-refractivity contribution in [3.05, 3.63) is 0 Å². The van der Waals surface area contributed by atoms with Crippen LogP contribution in [0.25, 0.3) is 0 Å². The molecular weight excluding hydrogens is 194 g/mol. The van der Waals surface area contributed by atoms with Gasteiger partial charge in [-0.3, -0.25) is 0 Å². The van der Waals surface area contributed by atoms with E-state index in [9.17, 15) is 0 Å². The van der Waals surface area contributed by atoms with Crippen molar-refractivity contribution >= 4 is 0 Å². The van der Waals surface area contributed by atoms with Gasteiger partial charge in [0.25, 0.3) is 0 Å². The van der Waals surface area contributed by atoms with Crippen molar-refractivity contribution < 1.29 is 0 Å². The van der Waals surface area contributed by atoms with Crippen LogP contribution in [0.4, 0.5) is 0 Å². The van der Waals surface area contributed by atoms with Gasteiger partial charge in [-0.2, -0.15) is 0 Å². The van der Waals surface area contributed by atoms with E-state index in [-0.39, 0.29) is 0 Å². The molecule has 0 heterocycles. The highest BCUT2D eigenvalue weighted by molar-refractivity contribution is 4.79. The van der Waals surface area contributed by atoms with Crippen molar-refractivity contribution in [2.24, 2.45) is 17.3 Å². The smallest absolute Gasteiger partial charge is 0.00104 e. The first kappa shape index (κ1) is 14.0. The maximum atomic E-state index is 3.60. The Balaban J connectivity index is 2.35. The summed E-state index contributed by atoms with van der Waals surface area (Å²) in [5.41, 5.74) is 0.514. The van der Waals surface area contributed by atoms with Gasteiger partial charge in [0.2, 0.25) is 0 Å². The van der Waals surface area contributed by atoms with Crippen LogP contribution < -0.4 is 5.32 Å². The molecule has 0 spiro atoms. The fourth-order valence-corrected chi connectivity index (χ4v) is 2.85. The second-order valence-corrected chi connectivity index (χ2v) is 7.00. The van der Waals surface area contributed by atoms with Crippen LogP contribution in [0.1, 0.15) is 66.7 Å². The fourth-order valence-electron chi connectivity index (χ4n) is 2.85. The highest BCUT2D eigenvalue weighted by atomic mass is 14.9. The maximum absolute atomic E-state index is 3.60. The Bertz CT molecular complexity index is 190. The minimum atomic E-state index is 0.514. The van der Waals surface area contributed by atoms with E-state index in [4.69, 9.17) is 0 Å². The molecule has 1 aliphatic carbocycles. The Kier molecular flexibility index (Phi) is 5.30. The van der Waals surface area contributed by atoms with Gasteiger partial charge in [0, 0.05) is 6.04 Å². The molecule has 1 aliphatic rings.